The Morgan fingerprint density at radius 1 is 1.62 bits per heavy atom. The van der Waals surface area contributed by atoms with Crippen LogP contribution in [0.1, 0.15) is 12.0 Å². The molecule has 5 heteroatoms. The van der Waals surface area contributed by atoms with Gasteiger partial charge in [0.1, 0.15) is 0 Å². The van der Waals surface area contributed by atoms with Crippen LogP contribution in [0.2, 0.25) is 0 Å². The summed E-state index contributed by atoms with van der Waals surface area (Å²) in [6.07, 6.45) is 5.32. The molecular weight excluding hydrogens is 204 g/mol. The molecular formula is C11H18N4O. The average molecular weight is 222 g/mol. The van der Waals surface area contributed by atoms with Gasteiger partial charge in [0.2, 0.25) is 5.91 Å². The van der Waals surface area contributed by atoms with Crippen molar-refractivity contribution in [2.24, 2.45) is 18.7 Å². The number of carbonyl (C=O) groups excluding carboxylic acids is 1. The molecule has 2 N–H and O–H groups in total. The molecule has 5 nitrogen and oxygen atoms in total. The Hall–Kier alpha value is -1.36. The Balaban J connectivity index is 1.84. The minimum atomic E-state index is 0.236. The second-order valence-electron chi connectivity index (χ2n) is 4.42. The summed E-state index contributed by atoms with van der Waals surface area (Å²) in [5.74, 6) is 0.584. The summed E-state index contributed by atoms with van der Waals surface area (Å²) in [6, 6.07) is 0. The van der Waals surface area contributed by atoms with Crippen LogP contribution < -0.4 is 5.73 Å². The van der Waals surface area contributed by atoms with Crippen LogP contribution >= 0.6 is 0 Å². The van der Waals surface area contributed by atoms with Crippen molar-refractivity contribution in [1.82, 2.24) is 14.7 Å². The molecule has 1 saturated heterocycles. The maximum absolute atomic E-state index is 11.6. The van der Waals surface area contributed by atoms with Gasteiger partial charge in [0.15, 0.2) is 0 Å². The molecule has 2 rings (SSSR count). The first-order valence-corrected chi connectivity index (χ1v) is 5.64. The summed E-state index contributed by atoms with van der Waals surface area (Å²) in [7, 11) is 1.90. The van der Waals surface area contributed by atoms with Gasteiger partial charge in [0, 0.05) is 32.8 Å². The van der Waals surface area contributed by atoms with Crippen LogP contribution in [-0.4, -0.2) is 40.2 Å². The van der Waals surface area contributed by atoms with E-state index in [4.69, 9.17) is 5.73 Å². The lowest BCUT2D eigenvalue weighted by Crippen LogP contribution is -2.28. The number of aromatic nitrogens is 2. The highest BCUT2D eigenvalue weighted by Crippen LogP contribution is 2.16. The fourth-order valence-electron chi connectivity index (χ4n) is 2.09. The lowest BCUT2D eigenvalue weighted by molar-refractivity contribution is -0.127. The maximum atomic E-state index is 11.6. The molecule has 0 aromatic carbocycles. The number of aryl methyl sites for hydroxylation is 1. The van der Waals surface area contributed by atoms with E-state index in [1.807, 2.05) is 24.3 Å². The topological polar surface area (TPSA) is 64.2 Å². The van der Waals surface area contributed by atoms with Gasteiger partial charge in [-0.2, -0.15) is 5.10 Å². The number of hydrogen-bond donors (Lipinski definition) is 1. The molecule has 1 fully saturated rings. The van der Waals surface area contributed by atoms with Crippen LogP contribution in [-0.2, 0) is 18.3 Å². The Kier molecular flexibility index (Phi) is 3.24. The number of nitrogens with zero attached hydrogens (tertiary/aromatic N) is 3. The number of rotatable bonds is 4. The van der Waals surface area contributed by atoms with Gasteiger partial charge in [-0.3, -0.25) is 9.48 Å². The fourth-order valence-corrected chi connectivity index (χ4v) is 2.09. The summed E-state index contributed by atoms with van der Waals surface area (Å²) >= 11 is 0. The SMILES string of the molecule is Cn1cc(CCN2CC(CN)CC2=O)cn1. The van der Waals surface area contributed by atoms with Crippen molar-refractivity contribution < 1.29 is 4.79 Å². The van der Waals surface area contributed by atoms with Crippen LogP contribution in [0.25, 0.3) is 0 Å². The summed E-state index contributed by atoms with van der Waals surface area (Å²) in [5.41, 5.74) is 6.75. The molecule has 1 aliphatic heterocycles. The van der Waals surface area contributed by atoms with Crippen LogP contribution in [0.4, 0.5) is 0 Å². The molecule has 0 aliphatic carbocycles. The molecule has 0 spiro atoms. The predicted octanol–water partition coefficient (Wildman–Crippen LogP) is -0.230. The third-order valence-corrected chi connectivity index (χ3v) is 3.06. The zero-order chi connectivity index (χ0) is 11.5. The van der Waals surface area contributed by atoms with E-state index in [1.165, 1.54) is 5.56 Å². The number of likely N-dealkylation sites (tertiary alicyclic amines) is 1. The quantitative estimate of drug-likeness (QED) is 0.765. The second-order valence-corrected chi connectivity index (χ2v) is 4.42. The molecule has 0 radical (unpaired) electrons. The molecule has 0 bridgehead atoms. The van der Waals surface area contributed by atoms with Gasteiger partial charge >= 0.3 is 0 Å². The predicted molar refractivity (Wildman–Crippen MR) is 60.7 cm³/mol. The smallest absolute Gasteiger partial charge is 0.222 e. The van der Waals surface area contributed by atoms with Gasteiger partial charge in [-0.25, -0.2) is 0 Å². The van der Waals surface area contributed by atoms with E-state index < -0.39 is 0 Å². The molecule has 1 atom stereocenters. The molecule has 1 unspecified atom stereocenters. The summed E-state index contributed by atoms with van der Waals surface area (Å²) in [5, 5.41) is 4.11. The number of hydrogen-bond acceptors (Lipinski definition) is 3. The van der Waals surface area contributed by atoms with Crippen molar-refractivity contribution in [2.45, 2.75) is 12.8 Å². The molecule has 1 aliphatic rings. The maximum Gasteiger partial charge on any atom is 0.222 e. The first kappa shape index (κ1) is 11.1. The van der Waals surface area contributed by atoms with Gasteiger partial charge in [-0.1, -0.05) is 0 Å². The number of nitrogens with two attached hydrogens (primary N) is 1. The largest absolute Gasteiger partial charge is 0.342 e. The van der Waals surface area contributed by atoms with Crippen molar-refractivity contribution in [2.75, 3.05) is 19.6 Å². The molecule has 1 amide bonds. The van der Waals surface area contributed by atoms with E-state index in [0.29, 0.717) is 18.9 Å². The van der Waals surface area contributed by atoms with E-state index in [-0.39, 0.29) is 5.91 Å². The fraction of sp³-hybridized carbons (Fsp3) is 0.636. The van der Waals surface area contributed by atoms with Crippen molar-refractivity contribution in [3.8, 4) is 0 Å². The highest BCUT2D eigenvalue weighted by Gasteiger charge is 2.27. The monoisotopic (exact) mass is 222 g/mol. The Morgan fingerprint density at radius 2 is 2.44 bits per heavy atom. The van der Waals surface area contributed by atoms with E-state index >= 15 is 0 Å². The first-order chi connectivity index (χ1) is 7.69. The van der Waals surface area contributed by atoms with Crippen LogP contribution in [0.3, 0.4) is 0 Å². The van der Waals surface area contributed by atoms with Crippen molar-refractivity contribution in [3.05, 3.63) is 18.0 Å². The third kappa shape index (κ3) is 2.41. The summed E-state index contributed by atoms with van der Waals surface area (Å²) in [6.45, 7) is 2.20. The van der Waals surface area contributed by atoms with Gasteiger partial charge < -0.3 is 10.6 Å². The lowest BCUT2D eigenvalue weighted by atomic mass is 10.1. The highest BCUT2D eigenvalue weighted by molar-refractivity contribution is 5.78. The Morgan fingerprint density at radius 3 is 3.00 bits per heavy atom. The molecule has 2 heterocycles. The minimum absolute atomic E-state index is 0.236. The number of carbonyl (C=O) groups is 1. The Bertz CT molecular complexity index is 374. The van der Waals surface area contributed by atoms with Gasteiger partial charge in [0.25, 0.3) is 0 Å². The highest BCUT2D eigenvalue weighted by atomic mass is 16.2. The van der Waals surface area contributed by atoms with E-state index in [9.17, 15) is 4.79 Å². The molecule has 0 saturated carbocycles. The van der Waals surface area contributed by atoms with Crippen LogP contribution in [0.15, 0.2) is 12.4 Å². The molecule has 16 heavy (non-hydrogen) atoms. The summed E-state index contributed by atoms with van der Waals surface area (Å²) < 4.78 is 1.78. The van der Waals surface area contributed by atoms with E-state index in [1.54, 1.807) is 4.68 Å². The van der Waals surface area contributed by atoms with Crippen LogP contribution in [0.5, 0.6) is 0 Å². The first-order valence-electron chi connectivity index (χ1n) is 5.64. The van der Waals surface area contributed by atoms with Gasteiger partial charge in [-0.05, 0) is 24.4 Å². The Labute approximate surface area is 95.2 Å². The van der Waals surface area contributed by atoms with E-state index in [0.717, 1.165) is 19.5 Å². The molecule has 1 aromatic heterocycles. The normalized spacial score (nSPS) is 20.8. The lowest BCUT2D eigenvalue weighted by Gasteiger charge is -2.15. The second kappa shape index (κ2) is 4.65. The standard InChI is InChI=1S/C11H18N4O/c1-14-7-9(6-13-14)2-3-15-8-10(5-12)4-11(15)16/h6-7,10H,2-5,8,12H2,1H3. The molecule has 1 aromatic rings. The zero-order valence-electron chi connectivity index (χ0n) is 9.59. The zero-order valence-corrected chi connectivity index (χ0v) is 9.59. The van der Waals surface area contributed by atoms with Gasteiger partial charge in [-0.15, -0.1) is 0 Å². The minimum Gasteiger partial charge on any atom is -0.342 e. The van der Waals surface area contributed by atoms with Crippen molar-refractivity contribution in [3.63, 3.8) is 0 Å². The van der Waals surface area contributed by atoms with E-state index in [2.05, 4.69) is 5.10 Å². The molecule has 88 valence electrons. The van der Waals surface area contributed by atoms with Crippen molar-refractivity contribution in [1.29, 1.82) is 0 Å². The van der Waals surface area contributed by atoms with Crippen LogP contribution in [0, 0.1) is 5.92 Å². The van der Waals surface area contributed by atoms with Gasteiger partial charge in [0.05, 0.1) is 6.20 Å². The third-order valence-electron chi connectivity index (χ3n) is 3.06. The number of amides is 1. The average Bonchev–Trinajstić information content (AvgIpc) is 2.82. The summed E-state index contributed by atoms with van der Waals surface area (Å²) in [4.78, 5) is 13.5. The van der Waals surface area contributed by atoms with Crippen molar-refractivity contribution >= 4 is 5.91 Å².